The van der Waals surface area contributed by atoms with Crippen LogP contribution in [-0.4, -0.2) is 29.1 Å². The van der Waals surface area contributed by atoms with Crippen LogP contribution in [0.5, 0.6) is 0 Å². The van der Waals surface area contributed by atoms with Gasteiger partial charge in [-0.3, -0.25) is 4.90 Å². The summed E-state index contributed by atoms with van der Waals surface area (Å²) in [5.74, 6) is 0. The van der Waals surface area contributed by atoms with E-state index in [4.69, 9.17) is 5.26 Å². The Hall–Kier alpha value is -2.15. The molecule has 0 amide bonds. The van der Waals surface area contributed by atoms with E-state index in [0.717, 1.165) is 30.5 Å². The first-order chi connectivity index (χ1) is 11.3. The van der Waals surface area contributed by atoms with Gasteiger partial charge in [0, 0.05) is 19.0 Å². The molecule has 3 nitrogen and oxygen atoms in total. The zero-order valence-corrected chi connectivity index (χ0v) is 13.2. The molecule has 1 fully saturated rings. The molecule has 1 aliphatic rings. The highest BCUT2D eigenvalue weighted by Crippen LogP contribution is 2.40. The molecule has 2 aromatic rings. The van der Waals surface area contributed by atoms with Crippen LogP contribution < -0.4 is 0 Å². The van der Waals surface area contributed by atoms with Crippen LogP contribution in [0.3, 0.4) is 0 Å². The van der Waals surface area contributed by atoms with Crippen molar-refractivity contribution in [2.45, 2.75) is 30.9 Å². The number of likely N-dealkylation sites (tertiary alicyclic amines) is 1. The second-order valence-electron chi connectivity index (χ2n) is 6.10. The molecule has 3 rings (SSSR count). The predicted molar refractivity (Wildman–Crippen MR) is 90.7 cm³/mol. The van der Waals surface area contributed by atoms with Gasteiger partial charge in [0.15, 0.2) is 0 Å². The molecule has 1 N–H and O–H groups in total. The molecule has 1 heterocycles. The topological polar surface area (TPSA) is 47.3 Å². The highest BCUT2D eigenvalue weighted by Gasteiger charge is 2.45. The predicted octanol–water partition coefficient (Wildman–Crippen LogP) is 3.30. The summed E-state index contributed by atoms with van der Waals surface area (Å²) in [6.07, 6.45) is 2.49. The fourth-order valence-corrected chi connectivity index (χ4v) is 3.70. The lowest BCUT2D eigenvalue weighted by molar-refractivity contribution is -0.00310. The molecule has 0 bridgehead atoms. The number of benzene rings is 2. The van der Waals surface area contributed by atoms with Crippen molar-refractivity contribution in [3.63, 3.8) is 0 Å². The van der Waals surface area contributed by atoms with E-state index in [9.17, 15) is 5.11 Å². The van der Waals surface area contributed by atoms with Gasteiger partial charge in [-0.05, 0) is 30.5 Å². The first-order valence-corrected chi connectivity index (χ1v) is 8.21. The van der Waals surface area contributed by atoms with Crippen molar-refractivity contribution in [3.8, 4) is 6.07 Å². The van der Waals surface area contributed by atoms with Crippen LogP contribution in [-0.2, 0) is 5.60 Å². The van der Waals surface area contributed by atoms with Gasteiger partial charge in [-0.1, -0.05) is 60.7 Å². The van der Waals surface area contributed by atoms with Crippen LogP contribution in [0, 0.1) is 11.3 Å². The van der Waals surface area contributed by atoms with E-state index < -0.39 is 5.60 Å². The molecule has 1 atom stereocenters. The quantitative estimate of drug-likeness (QED) is 0.922. The standard InChI is InChI=1S/C20H22N2O/c21-14-8-16-22-15-7-13-19(22)20(23,17-9-3-1-4-10-17)18-11-5-2-6-12-18/h1-6,9-12,19,23H,7-8,13,15-16H2/t19-/m1/s1. The third-order valence-corrected chi connectivity index (χ3v) is 4.78. The lowest BCUT2D eigenvalue weighted by atomic mass is 9.79. The summed E-state index contributed by atoms with van der Waals surface area (Å²) in [6.45, 7) is 1.65. The summed E-state index contributed by atoms with van der Waals surface area (Å²) >= 11 is 0. The molecule has 118 valence electrons. The van der Waals surface area contributed by atoms with Gasteiger partial charge >= 0.3 is 0 Å². The Bertz CT molecular complexity index is 624. The molecule has 1 aliphatic heterocycles. The van der Waals surface area contributed by atoms with Crippen molar-refractivity contribution in [1.82, 2.24) is 4.90 Å². The molecule has 0 saturated carbocycles. The highest BCUT2D eigenvalue weighted by atomic mass is 16.3. The van der Waals surface area contributed by atoms with Crippen LogP contribution in [0.25, 0.3) is 0 Å². The Morgan fingerprint density at radius 1 is 1.04 bits per heavy atom. The van der Waals surface area contributed by atoms with Crippen molar-refractivity contribution in [3.05, 3.63) is 71.8 Å². The Balaban J connectivity index is 2.04. The lowest BCUT2D eigenvalue weighted by Crippen LogP contribution is -2.48. The summed E-state index contributed by atoms with van der Waals surface area (Å²) in [4.78, 5) is 2.27. The molecule has 0 aromatic heterocycles. The summed E-state index contributed by atoms with van der Waals surface area (Å²) in [7, 11) is 0. The fourth-order valence-electron chi connectivity index (χ4n) is 3.70. The van der Waals surface area contributed by atoms with Crippen molar-refractivity contribution in [2.75, 3.05) is 13.1 Å². The first-order valence-electron chi connectivity index (χ1n) is 8.21. The van der Waals surface area contributed by atoms with E-state index >= 15 is 0 Å². The van der Waals surface area contributed by atoms with E-state index in [1.807, 2.05) is 60.7 Å². The zero-order valence-electron chi connectivity index (χ0n) is 13.2. The largest absolute Gasteiger partial charge is 0.379 e. The van der Waals surface area contributed by atoms with Gasteiger partial charge in [0.05, 0.1) is 6.07 Å². The summed E-state index contributed by atoms with van der Waals surface area (Å²) < 4.78 is 0. The molecular formula is C20H22N2O. The molecule has 0 radical (unpaired) electrons. The van der Waals surface area contributed by atoms with E-state index in [0.29, 0.717) is 13.0 Å². The molecule has 0 spiro atoms. The average molecular weight is 306 g/mol. The fraction of sp³-hybridized carbons (Fsp3) is 0.350. The van der Waals surface area contributed by atoms with Gasteiger partial charge in [0.25, 0.3) is 0 Å². The zero-order chi connectivity index (χ0) is 16.1. The van der Waals surface area contributed by atoms with E-state index in [2.05, 4.69) is 11.0 Å². The number of hydrogen-bond acceptors (Lipinski definition) is 3. The van der Waals surface area contributed by atoms with E-state index in [1.54, 1.807) is 0 Å². The van der Waals surface area contributed by atoms with E-state index in [-0.39, 0.29) is 6.04 Å². The van der Waals surface area contributed by atoms with Crippen LogP contribution in [0.2, 0.25) is 0 Å². The molecule has 0 aliphatic carbocycles. The van der Waals surface area contributed by atoms with Gasteiger partial charge < -0.3 is 5.11 Å². The van der Waals surface area contributed by atoms with Gasteiger partial charge in [-0.15, -0.1) is 0 Å². The molecule has 2 aromatic carbocycles. The van der Waals surface area contributed by atoms with Gasteiger partial charge in [-0.2, -0.15) is 5.26 Å². The van der Waals surface area contributed by atoms with E-state index in [1.165, 1.54) is 0 Å². The minimum atomic E-state index is -1.05. The average Bonchev–Trinajstić information content (AvgIpc) is 3.10. The Morgan fingerprint density at radius 2 is 1.61 bits per heavy atom. The normalized spacial score (nSPS) is 18.7. The highest BCUT2D eigenvalue weighted by molar-refractivity contribution is 5.38. The summed E-state index contributed by atoms with van der Waals surface area (Å²) in [6, 6.07) is 22.0. The second-order valence-corrected chi connectivity index (χ2v) is 6.10. The number of hydrogen-bond donors (Lipinski definition) is 1. The number of nitriles is 1. The minimum Gasteiger partial charge on any atom is -0.379 e. The maximum atomic E-state index is 11.8. The Labute approximate surface area is 137 Å². The smallest absolute Gasteiger partial charge is 0.130 e. The van der Waals surface area contributed by atoms with Crippen molar-refractivity contribution in [1.29, 1.82) is 5.26 Å². The van der Waals surface area contributed by atoms with Gasteiger partial charge in [0.1, 0.15) is 5.60 Å². The maximum Gasteiger partial charge on any atom is 0.130 e. The van der Waals surface area contributed by atoms with Crippen molar-refractivity contribution >= 4 is 0 Å². The van der Waals surface area contributed by atoms with Crippen LogP contribution in [0.15, 0.2) is 60.7 Å². The van der Waals surface area contributed by atoms with Crippen molar-refractivity contribution < 1.29 is 5.11 Å². The molecular weight excluding hydrogens is 284 g/mol. The first kappa shape index (κ1) is 15.7. The molecule has 3 heteroatoms. The summed E-state index contributed by atoms with van der Waals surface area (Å²) in [5.41, 5.74) is 0.786. The van der Waals surface area contributed by atoms with Gasteiger partial charge in [-0.25, -0.2) is 0 Å². The minimum absolute atomic E-state index is 0.000602. The van der Waals surface area contributed by atoms with Crippen molar-refractivity contribution in [2.24, 2.45) is 0 Å². The Morgan fingerprint density at radius 3 is 2.13 bits per heavy atom. The molecule has 0 unspecified atom stereocenters. The third-order valence-electron chi connectivity index (χ3n) is 4.78. The molecule has 1 saturated heterocycles. The maximum absolute atomic E-state index is 11.8. The molecule has 23 heavy (non-hydrogen) atoms. The summed E-state index contributed by atoms with van der Waals surface area (Å²) in [5, 5.41) is 20.7. The third kappa shape index (κ3) is 3.01. The monoisotopic (exact) mass is 306 g/mol. The number of aliphatic hydroxyl groups is 1. The Kier molecular flexibility index (Phi) is 4.76. The van der Waals surface area contributed by atoms with Crippen LogP contribution in [0.1, 0.15) is 30.4 Å². The van der Waals surface area contributed by atoms with Crippen LogP contribution >= 0.6 is 0 Å². The van der Waals surface area contributed by atoms with Crippen LogP contribution in [0.4, 0.5) is 0 Å². The SMILES string of the molecule is N#CCCN1CCC[C@@H]1C(O)(c1ccccc1)c1ccccc1. The number of nitrogens with zero attached hydrogens (tertiary/aromatic N) is 2. The number of rotatable bonds is 5. The second kappa shape index (κ2) is 6.95. The lowest BCUT2D eigenvalue weighted by Gasteiger charge is -2.40. The van der Waals surface area contributed by atoms with Gasteiger partial charge in [0.2, 0.25) is 0 Å².